The molecule has 2 saturated carbocycles. The molecule has 0 amide bonds. The van der Waals surface area contributed by atoms with Gasteiger partial charge in [0.05, 0.1) is 0 Å². The van der Waals surface area contributed by atoms with Gasteiger partial charge in [-0.2, -0.15) is 0 Å². The van der Waals surface area contributed by atoms with Crippen LogP contribution in [0.1, 0.15) is 25.7 Å². The van der Waals surface area contributed by atoms with E-state index in [0.29, 0.717) is 11.8 Å². The Balaban J connectivity index is 0.000000167. The zero-order valence-electron chi connectivity index (χ0n) is 6.69. The van der Waals surface area contributed by atoms with E-state index >= 15 is 0 Å². The maximum atomic E-state index is 6.47. The molecule has 0 atom stereocenters. The predicted octanol–water partition coefficient (Wildman–Crippen LogP) is 1.59. The molecule has 0 radical (unpaired) electrons. The molecular formula is C10H10Mg. The van der Waals surface area contributed by atoms with Gasteiger partial charge in [0.25, 0.3) is 0 Å². The molecule has 11 heavy (non-hydrogen) atoms. The van der Waals surface area contributed by atoms with E-state index in [1.54, 1.807) is 0 Å². The first-order valence-electron chi connectivity index (χ1n) is 3.71. The van der Waals surface area contributed by atoms with E-state index in [2.05, 4.69) is 11.8 Å². The Morgan fingerprint density at radius 1 is 0.818 bits per heavy atom. The molecule has 2 fully saturated rings. The van der Waals surface area contributed by atoms with Crippen LogP contribution in [-0.4, -0.2) is 23.1 Å². The van der Waals surface area contributed by atoms with Crippen molar-refractivity contribution >= 4 is 23.1 Å². The Morgan fingerprint density at radius 3 is 1.09 bits per heavy atom. The summed E-state index contributed by atoms with van der Waals surface area (Å²) in [6.07, 6.45) is 17.8. The third kappa shape index (κ3) is 6.29. The normalized spacial score (nSPS) is 19.5. The van der Waals surface area contributed by atoms with Gasteiger partial charge in [-0.15, -0.1) is 0 Å². The molecule has 2 aliphatic rings. The fraction of sp³-hybridized carbons (Fsp3) is 0.600. The summed E-state index contributed by atoms with van der Waals surface area (Å²) in [6.45, 7) is 0. The van der Waals surface area contributed by atoms with Crippen LogP contribution < -0.4 is 0 Å². The summed E-state index contributed by atoms with van der Waals surface area (Å²) in [5.41, 5.74) is 0. The van der Waals surface area contributed by atoms with Crippen molar-refractivity contribution in [3.8, 4) is 11.8 Å². The van der Waals surface area contributed by atoms with Gasteiger partial charge >= 0.3 is 23.1 Å². The zero-order valence-corrected chi connectivity index (χ0v) is 8.10. The monoisotopic (exact) mass is 154 g/mol. The molecule has 0 heterocycles. The molecule has 0 bridgehead atoms. The van der Waals surface area contributed by atoms with E-state index in [9.17, 15) is 0 Å². The molecule has 2 aliphatic carbocycles. The standard InChI is InChI=1S/2C5H5.Mg/c2*1-2-5-3-4-5;/h2*5H,3-4H2;/q2*-1;+2. The number of hydrogen-bond donors (Lipinski definition) is 0. The van der Waals surface area contributed by atoms with E-state index in [0.717, 1.165) is 0 Å². The maximum Gasteiger partial charge on any atom is 2.00 e. The molecule has 0 aromatic rings. The van der Waals surface area contributed by atoms with E-state index < -0.39 is 0 Å². The third-order valence-corrected chi connectivity index (χ3v) is 1.56. The van der Waals surface area contributed by atoms with Crippen LogP contribution >= 0.6 is 0 Å². The largest absolute Gasteiger partial charge is 2.00 e. The fourth-order valence-electron chi connectivity index (χ4n) is 0.455. The second-order valence-electron chi connectivity index (χ2n) is 2.84. The van der Waals surface area contributed by atoms with Crippen LogP contribution in [-0.2, 0) is 0 Å². The van der Waals surface area contributed by atoms with Crippen molar-refractivity contribution in [1.82, 2.24) is 0 Å². The predicted molar refractivity (Wildman–Crippen MR) is 45.5 cm³/mol. The summed E-state index contributed by atoms with van der Waals surface area (Å²) in [4.78, 5) is 0. The van der Waals surface area contributed by atoms with Crippen molar-refractivity contribution in [3.05, 3.63) is 12.8 Å². The molecule has 0 aliphatic heterocycles. The minimum absolute atomic E-state index is 0. The zero-order chi connectivity index (χ0) is 7.40. The van der Waals surface area contributed by atoms with Crippen molar-refractivity contribution in [2.75, 3.05) is 0 Å². The average molecular weight is 154 g/mol. The molecule has 2 rings (SSSR count). The molecule has 0 aromatic heterocycles. The first-order chi connectivity index (χ1) is 4.86. The summed E-state index contributed by atoms with van der Waals surface area (Å²) in [5.74, 6) is 5.88. The van der Waals surface area contributed by atoms with Gasteiger partial charge < -0.3 is 24.7 Å². The smallest absolute Gasteiger partial charge is 0.693 e. The Labute approximate surface area is 85.3 Å². The second-order valence-corrected chi connectivity index (χ2v) is 2.84. The third-order valence-electron chi connectivity index (χ3n) is 1.56. The quantitative estimate of drug-likeness (QED) is 0.282. The van der Waals surface area contributed by atoms with Gasteiger partial charge in [0.2, 0.25) is 0 Å². The van der Waals surface area contributed by atoms with Crippen molar-refractivity contribution in [2.45, 2.75) is 25.7 Å². The van der Waals surface area contributed by atoms with Crippen LogP contribution in [0.15, 0.2) is 0 Å². The summed E-state index contributed by atoms with van der Waals surface area (Å²) in [5, 5.41) is 0. The summed E-state index contributed by atoms with van der Waals surface area (Å²) in [6, 6.07) is 0. The minimum Gasteiger partial charge on any atom is -0.693 e. The van der Waals surface area contributed by atoms with E-state index in [-0.39, 0.29) is 23.1 Å². The molecule has 1 heteroatoms. The SMILES string of the molecule is [C-]#CC1CC1.[C-]#CC1CC1.[Mg+2]. The Morgan fingerprint density at radius 2 is 1.09 bits per heavy atom. The molecule has 0 nitrogen and oxygen atoms in total. The molecule has 0 saturated heterocycles. The number of rotatable bonds is 0. The van der Waals surface area contributed by atoms with Crippen LogP contribution in [0.4, 0.5) is 0 Å². The fourth-order valence-corrected chi connectivity index (χ4v) is 0.455. The molecule has 52 valence electrons. The van der Waals surface area contributed by atoms with Gasteiger partial charge in [0.1, 0.15) is 0 Å². The van der Waals surface area contributed by atoms with Gasteiger partial charge in [-0.25, -0.2) is 0 Å². The van der Waals surface area contributed by atoms with Gasteiger partial charge in [-0.1, -0.05) is 0 Å². The summed E-state index contributed by atoms with van der Waals surface area (Å²) >= 11 is 0. The Bertz CT molecular complexity index is 152. The minimum atomic E-state index is 0. The van der Waals surface area contributed by atoms with Crippen LogP contribution in [0.3, 0.4) is 0 Å². The van der Waals surface area contributed by atoms with Gasteiger partial charge in [0, 0.05) is 0 Å². The topological polar surface area (TPSA) is 0 Å². The molecule has 0 spiro atoms. The van der Waals surface area contributed by atoms with Gasteiger partial charge in [-0.3, -0.25) is 0 Å². The van der Waals surface area contributed by atoms with Crippen LogP contribution in [0.2, 0.25) is 0 Å². The van der Waals surface area contributed by atoms with Crippen molar-refractivity contribution < 1.29 is 0 Å². The maximum absolute atomic E-state index is 6.47. The first kappa shape index (κ1) is 10.9. The van der Waals surface area contributed by atoms with Gasteiger partial charge in [0.15, 0.2) is 0 Å². The van der Waals surface area contributed by atoms with E-state index in [1.807, 2.05) is 0 Å². The van der Waals surface area contributed by atoms with Crippen LogP contribution in [0.5, 0.6) is 0 Å². The molecular weight excluding hydrogens is 144 g/mol. The Kier molecular flexibility index (Phi) is 5.47. The molecule has 0 unspecified atom stereocenters. The average Bonchev–Trinajstić information content (AvgIpc) is 2.86. The molecule has 0 aromatic carbocycles. The number of hydrogen-bond acceptors (Lipinski definition) is 0. The van der Waals surface area contributed by atoms with Crippen LogP contribution in [0, 0.1) is 36.5 Å². The Hall–Kier alpha value is -0.114. The molecule has 0 N–H and O–H groups in total. The van der Waals surface area contributed by atoms with Gasteiger partial charge in [-0.05, 0) is 37.5 Å². The van der Waals surface area contributed by atoms with Crippen molar-refractivity contribution in [3.63, 3.8) is 0 Å². The van der Waals surface area contributed by atoms with Crippen molar-refractivity contribution in [2.24, 2.45) is 11.8 Å². The summed E-state index contributed by atoms with van der Waals surface area (Å²) < 4.78 is 0. The summed E-state index contributed by atoms with van der Waals surface area (Å²) in [7, 11) is 0. The first-order valence-corrected chi connectivity index (χ1v) is 3.71. The van der Waals surface area contributed by atoms with E-state index in [1.165, 1.54) is 25.7 Å². The van der Waals surface area contributed by atoms with Crippen molar-refractivity contribution in [1.29, 1.82) is 0 Å². The van der Waals surface area contributed by atoms with E-state index in [4.69, 9.17) is 12.8 Å². The second kappa shape index (κ2) is 5.53. The van der Waals surface area contributed by atoms with Crippen LogP contribution in [0.25, 0.3) is 0 Å².